The lowest BCUT2D eigenvalue weighted by atomic mass is 9.97. The van der Waals surface area contributed by atoms with Gasteiger partial charge in [-0.05, 0) is 5.41 Å². The van der Waals surface area contributed by atoms with E-state index in [-0.39, 0.29) is 5.41 Å². The Kier molecular flexibility index (Phi) is 3.16. The Morgan fingerprint density at radius 3 is 2.64 bits per heavy atom. The fourth-order valence-electron chi connectivity index (χ4n) is 0.856. The van der Waals surface area contributed by atoms with Crippen LogP contribution in [0, 0.1) is 5.41 Å². The van der Waals surface area contributed by atoms with Crippen LogP contribution >= 0.6 is 11.6 Å². The average Bonchev–Trinajstić information content (AvgIpc) is 2.06. The minimum atomic E-state index is 0.170. The summed E-state index contributed by atoms with van der Waals surface area (Å²) in [6.07, 6.45) is 1.40. The zero-order chi connectivity index (χ0) is 10.8. The van der Waals surface area contributed by atoms with Crippen molar-refractivity contribution >= 4 is 23.2 Å². The zero-order valence-electron chi connectivity index (χ0n) is 8.63. The number of nitrogens with one attached hydrogen (secondary N) is 1. The van der Waals surface area contributed by atoms with Crippen LogP contribution in [0.15, 0.2) is 6.33 Å². The zero-order valence-corrected chi connectivity index (χ0v) is 9.39. The lowest BCUT2D eigenvalue weighted by Crippen LogP contribution is -2.20. The van der Waals surface area contributed by atoms with Gasteiger partial charge in [0.1, 0.15) is 23.0 Å². The monoisotopic (exact) mass is 214 g/mol. The number of aromatic nitrogens is 2. The van der Waals surface area contributed by atoms with Gasteiger partial charge in [-0.1, -0.05) is 32.4 Å². The van der Waals surface area contributed by atoms with Gasteiger partial charge in [0, 0.05) is 6.54 Å². The van der Waals surface area contributed by atoms with Crippen LogP contribution < -0.4 is 11.1 Å². The van der Waals surface area contributed by atoms with E-state index < -0.39 is 0 Å². The van der Waals surface area contributed by atoms with Crippen molar-refractivity contribution in [3.05, 3.63) is 11.3 Å². The third kappa shape index (κ3) is 3.03. The number of hydrogen-bond donors (Lipinski definition) is 2. The Balaban J connectivity index is 2.73. The molecule has 0 aliphatic heterocycles. The number of anilines is 2. The van der Waals surface area contributed by atoms with Gasteiger partial charge in [0.05, 0.1) is 0 Å². The number of nitrogens with zero attached hydrogens (tertiary/aromatic N) is 2. The van der Waals surface area contributed by atoms with Gasteiger partial charge in [-0.3, -0.25) is 0 Å². The van der Waals surface area contributed by atoms with E-state index in [2.05, 4.69) is 36.1 Å². The quantitative estimate of drug-likeness (QED) is 0.792. The smallest absolute Gasteiger partial charge is 0.150 e. The molecule has 0 saturated carbocycles. The van der Waals surface area contributed by atoms with Crippen molar-refractivity contribution in [3.8, 4) is 0 Å². The summed E-state index contributed by atoms with van der Waals surface area (Å²) in [4.78, 5) is 7.79. The van der Waals surface area contributed by atoms with Gasteiger partial charge in [0.25, 0.3) is 0 Å². The predicted octanol–water partition coefficient (Wildman–Crippen LogP) is 2.17. The van der Waals surface area contributed by atoms with Gasteiger partial charge in [0.15, 0.2) is 0 Å². The van der Waals surface area contributed by atoms with Crippen molar-refractivity contribution in [2.24, 2.45) is 5.41 Å². The Bertz CT molecular complexity index is 319. The number of nitrogens with two attached hydrogens (primary N) is 1. The fraction of sp³-hybridized carbons (Fsp3) is 0.556. The molecule has 14 heavy (non-hydrogen) atoms. The standard InChI is InChI=1S/C9H15ClN4/c1-9(2,3)4-12-8-6(10)7(11)13-5-14-8/h5H,4H2,1-3H3,(H3,11,12,13,14). The molecule has 0 amide bonds. The largest absolute Gasteiger partial charge is 0.382 e. The molecular weight excluding hydrogens is 200 g/mol. The van der Waals surface area contributed by atoms with Crippen LogP contribution in [-0.2, 0) is 0 Å². The van der Waals surface area contributed by atoms with Crippen LogP contribution in [0.3, 0.4) is 0 Å². The maximum absolute atomic E-state index is 5.91. The van der Waals surface area contributed by atoms with Gasteiger partial charge in [-0.2, -0.15) is 0 Å². The van der Waals surface area contributed by atoms with E-state index in [0.717, 1.165) is 6.54 Å². The number of halogens is 1. The summed E-state index contributed by atoms with van der Waals surface area (Å²) in [6.45, 7) is 7.15. The summed E-state index contributed by atoms with van der Waals surface area (Å²) >= 11 is 5.91. The van der Waals surface area contributed by atoms with Crippen molar-refractivity contribution in [1.29, 1.82) is 0 Å². The minimum absolute atomic E-state index is 0.170. The first kappa shape index (κ1) is 11.0. The van der Waals surface area contributed by atoms with Gasteiger partial charge in [0.2, 0.25) is 0 Å². The molecule has 0 bridgehead atoms. The molecule has 0 unspecified atom stereocenters. The topological polar surface area (TPSA) is 63.8 Å². The molecule has 0 aliphatic carbocycles. The van der Waals surface area contributed by atoms with E-state index in [1.165, 1.54) is 6.33 Å². The minimum Gasteiger partial charge on any atom is -0.382 e. The Labute approximate surface area is 88.9 Å². The van der Waals surface area contributed by atoms with E-state index in [4.69, 9.17) is 17.3 Å². The Morgan fingerprint density at radius 2 is 2.07 bits per heavy atom. The molecule has 0 aliphatic rings. The van der Waals surface area contributed by atoms with Crippen LogP contribution in [-0.4, -0.2) is 16.5 Å². The number of hydrogen-bond acceptors (Lipinski definition) is 4. The third-order valence-corrected chi connectivity index (χ3v) is 1.98. The first-order valence-electron chi connectivity index (χ1n) is 4.40. The molecule has 0 spiro atoms. The SMILES string of the molecule is CC(C)(C)CNc1ncnc(N)c1Cl. The van der Waals surface area contributed by atoms with Crippen molar-refractivity contribution < 1.29 is 0 Å². The molecule has 0 atom stereocenters. The van der Waals surface area contributed by atoms with Gasteiger partial charge < -0.3 is 11.1 Å². The van der Waals surface area contributed by atoms with Crippen molar-refractivity contribution in [3.63, 3.8) is 0 Å². The molecule has 1 rings (SSSR count). The first-order valence-corrected chi connectivity index (χ1v) is 4.78. The summed E-state index contributed by atoms with van der Waals surface area (Å²) in [6, 6.07) is 0. The van der Waals surface area contributed by atoms with Gasteiger partial charge in [-0.25, -0.2) is 9.97 Å². The second kappa shape index (κ2) is 4.00. The summed E-state index contributed by atoms with van der Waals surface area (Å²) in [5, 5.41) is 3.52. The molecule has 4 nitrogen and oxygen atoms in total. The summed E-state index contributed by atoms with van der Waals surface area (Å²) < 4.78 is 0. The van der Waals surface area contributed by atoms with Crippen LogP contribution in [0.4, 0.5) is 11.6 Å². The fourth-order valence-corrected chi connectivity index (χ4v) is 1.02. The molecule has 1 aromatic heterocycles. The van der Waals surface area contributed by atoms with E-state index in [0.29, 0.717) is 16.7 Å². The first-order chi connectivity index (χ1) is 6.40. The molecular formula is C9H15ClN4. The normalized spacial score (nSPS) is 11.4. The highest BCUT2D eigenvalue weighted by Gasteiger charge is 2.12. The number of nitrogen functional groups attached to an aromatic ring is 1. The van der Waals surface area contributed by atoms with Crippen LogP contribution in [0.25, 0.3) is 0 Å². The lowest BCUT2D eigenvalue weighted by Gasteiger charge is -2.19. The summed E-state index contributed by atoms with van der Waals surface area (Å²) in [5.41, 5.74) is 5.71. The second-order valence-electron chi connectivity index (χ2n) is 4.34. The maximum Gasteiger partial charge on any atom is 0.150 e. The molecule has 5 heteroatoms. The van der Waals surface area contributed by atoms with Gasteiger partial charge >= 0.3 is 0 Å². The molecule has 0 saturated heterocycles. The van der Waals surface area contributed by atoms with E-state index in [1.54, 1.807) is 0 Å². The Morgan fingerprint density at radius 1 is 1.43 bits per heavy atom. The average molecular weight is 215 g/mol. The molecule has 78 valence electrons. The predicted molar refractivity (Wildman–Crippen MR) is 59.4 cm³/mol. The van der Waals surface area contributed by atoms with E-state index in [9.17, 15) is 0 Å². The van der Waals surface area contributed by atoms with E-state index >= 15 is 0 Å². The van der Waals surface area contributed by atoms with E-state index in [1.807, 2.05) is 0 Å². The maximum atomic E-state index is 5.91. The van der Waals surface area contributed by atoms with Crippen LogP contribution in [0.5, 0.6) is 0 Å². The highest BCUT2D eigenvalue weighted by atomic mass is 35.5. The summed E-state index contributed by atoms with van der Waals surface area (Å²) in [7, 11) is 0. The van der Waals surface area contributed by atoms with Crippen LogP contribution in [0.2, 0.25) is 5.02 Å². The highest BCUT2D eigenvalue weighted by molar-refractivity contribution is 6.35. The molecule has 0 aromatic carbocycles. The van der Waals surface area contributed by atoms with Crippen molar-refractivity contribution in [2.45, 2.75) is 20.8 Å². The molecule has 1 heterocycles. The summed E-state index contributed by atoms with van der Waals surface area (Å²) in [5.74, 6) is 0.896. The second-order valence-corrected chi connectivity index (χ2v) is 4.71. The molecule has 3 N–H and O–H groups in total. The number of rotatable bonds is 2. The molecule has 0 radical (unpaired) electrons. The molecule has 0 fully saturated rings. The Hall–Kier alpha value is -1.03. The van der Waals surface area contributed by atoms with Crippen molar-refractivity contribution in [2.75, 3.05) is 17.6 Å². The third-order valence-electron chi connectivity index (χ3n) is 1.60. The van der Waals surface area contributed by atoms with Crippen LogP contribution in [0.1, 0.15) is 20.8 Å². The molecule has 1 aromatic rings. The highest BCUT2D eigenvalue weighted by Crippen LogP contribution is 2.24. The van der Waals surface area contributed by atoms with Crippen molar-refractivity contribution in [1.82, 2.24) is 9.97 Å². The van der Waals surface area contributed by atoms with Gasteiger partial charge in [-0.15, -0.1) is 0 Å². The lowest BCUT2D eigenvalue weighted by molar-refractivity contribution is 0.442.